The molecule has 1 saturated heterocycles. The fourth-order valence-electron chi connectivity index (χ4n) is 5.64. The summed E-state index contributed by atoms with van der Waals surface area (Å²) in [6.45, 7) is 4.35. The van der Waals surface area contributed by atoms with Crippen LogP contribution in [0.4, 0.5) is 0 Å². The Kier molecular flexibility index (Phi) is 9.45. The number of hydrogen-bond acceptors (Lipinski definition) is 3. The van der Waals surface area contributed by atoms with Crippen molar-refractivity contribution in [3.8, 4) is 0 Å². The minimum atomic E-state index is -1.27. The van der Waals surface area contributed by atoms with Crippen molar-refractivity contribution in [2.45, 2.75) is 129 Å². The van der Waals surface area contributed by atoms with E-state index in [9.17, 15) is 19.8 Å². The Morgan fingerprint density at radius 2 is 1.31 bits per heavy atom. The number of carboxylic acid groups (broad SMARTS) is 2. The summed E-state index contributed by atoms with van der Waals surface area (Å²) in [4.78, 5) is 25.2. The van der Waals surface area contributed by atoms with E-state index in [1.165, 1.54) is 38.5 Å². The molecule has 168 valence electrons. The third-order valence-electron chi connectivity index (χ3n) is 7.45. The Bertz CT molecular complexity index is 533. The predicted octanol–water partition coefficient (Wildman–Crippen LogP) is 6.19. The minimum absolute atomic E-state index is 0.0526. The third-order valence-corrected chi connectivity index (χ3v) is 7.45. The highest BCUT2D eigenvalue weighted by atomic mass is 16.6. The second kappa shape index (κ2) is 11.3. The number of unbranched alkanes of at least 4 members (excludes halogenated alkanes) is 10. The third kappa shape index (κ3) is 5.34. The van der Waals surface area contributed by atoms with Gasteiger partial charge in [-0.15, -0.1) is 0 Å². The summed E-state index contributed by atoms with van der Waals surface area (Å²) in [7, 11) is 0. The second-order valence-electron chi connectivity index (χ2n) is 9.33. The van der Waals surface area contributed by atoms with E-state index in [2.05, 4.69) is 13.8 Å². The van der Waals surface area contributed by atoms with Gasteiger partial charge in [-0.3, -0.25) is 9.59 Å². The van der Waals surface area contributed by atoms with Crippen molar-refractivity contribution in [1.82, 2.24) is 0 Å². The molecule has 4 atom stereocenters. The lowest BCUT2D eigenvalue weighted by molar-refractivity contribution is -0.181. The van der Waals surface area contributed by atoms with E-state index in [1.807, 2.05) is 0 Å². The molecule has 0 spiro atoms. The first-order chi connectivity index (χ1) is 14.0. The van der Waals surface area contributed by atoms with Crippen LogP contribution in [0, 0.1) is 10.8 Å². The van der Waals surface area contributed by atoms with Crippen LogP contribution < -0.4 is 0 Å². The van der Waals surface area contributed by atoms with Gasteiger partial charge in [0.15, 0.2) is 0 Å². The molecule has 2 fully saturated rings. The number of carboxylic acids is 2. The Labute approximate surface area is 176 Å². The monoisotopic (exact) mass is 410 g/mol. The van der Waals surface area contributed by atoms with Crippen molar-refractivity contribution in [3.63, 3.8) is 0 Å². The van der Waals surface area contributed by atoms with Gasteiger partial charge in [-0.2, -0.15) is 0 Å². The molecular formula is C24H42O5. The molecule has 5 heteroatoms. The number of epoxide rings is 1. The number of fused-ring (bicyclic) bond motifs is 1. The van der Waals surface area contributed by atoms with Gasteiger partial charge in [0, 0.05) is 0 Å². The maximum Gasteiger partial charge on any atom is 0.313 e. The topological polar surface area (TPSA) is 87.1 Å². The van der Waals surface area contributed by atoms with Crippen LogP contribution in [0.25, 0.3) is 0 Å². The summed E-state index contributed by atoms with van der Waals surface area (Å²) in [5.41, 5.74) is -2.46. The molecule has 0 aromatic heterocycles. The molecule has 0 radical (unpaired) electrons. The summed E-state index contributed by atoms with van der Waals surface area (Å²) >= 11 is 0. The Morgan fingerprint density at radius 3 is 1.83 bits per heavy atom. The molecule has 0 bridgehead atoms. The minimum Gasteiger partial charge on any atom is -0.481 e. The van der Waals surface area contributed by atoms with Crippen LogP contribution >= 0.6 is 0 Å². The van der Waals surface area contributed by atoms with Crippen molar-refractivity contribution in [2.75, 3.05) is 0 Å². The first-order valence-corrected chi connectivity index (χ1v) is 12.1. The number of aliphatic carboxylic acids is 2. The van der Waals surface area contributed by atoms with E-state index in [4.69, 9.17) is 4.74 Å². The van der Waals surface area contributed by atoms with Gasteiger partial charge in [-0.1, -0.05) is 90.9 Å². The van der Waals surface area contributed by atoms with Crippen LogP contribution in [0.2, 0.25) is 0 Å². The smallest absolute Gasteiger partial charge is 0.313 e. The van der Waals surface area contributed by atoms with Gasteiger partial charge >= 0.3 is 11.9 Å². The second-order valence-corrected chi connectivity index (χ2v) is 9.33. The first-order valence-electron chi connectivity index (χ1n) is 12.1. The Hall–Kier alpha value is -1.10. The van der Waals surface area contributed by atoms with E-state index in [-0.39, 0.29) is 6.10 Å². The summed E-state index contributed by atoms with van der Waals surface area (Å²) in [6, 6.07) is 0. The summed E-state index contributed by atoms with van der Waals surface area (Å²) in [5, 5.41) is 20.6. The molecule has 0 amide bonds. The van der Waals surface area contributed by atoms with Crippen molar-refractivity contribution in [2.24, 2.45) is 10.8 Å². The largest absolute Gasteiger partial charge is 0.481 e. The van der Waals surface area contributed by atoms with Crippen molar-refractivity contribution >= 4 is 11.9 Å². The van der Waals surface area contributed by atoms with Crippen LogP contribution in [-0.4, -0.2) is 34.4 Å². The molecule has 1 aliphatic carbocycles. The molecule has 1 heterocycles. The fraction of sp³-hybridized carbons (Fsp3) is 0.917. The zero-order valence-corrected chi connectivity index (χ0v) is 18.6. The number of rotatable bonds is 16. The van der Waals surface area contributed by atoms with Gasteiger partial charge in [0.25, 0.3) is 0 Å². The molecule has 0 aromatic rings. The zero-order chi connectivity index (χ0) is 21.3. The molecule has 2 aliphatic rings. The van der Waals surface area contributed by atoms with Crippen molar-refractivity contribution in [3.05, 3.63) is 0 Å². The molecule has 0 aromatic carbocycles. The molecule has 2 N–H and O–H groups in total. The number of carbonyl (C=O) groups is 2. The lowest BCUT2D eigenvalue weighted by atomic mass is 9.52. The molecular weight excluding hydrogens is 368 g/mol. The van der Waals surface area contributed by atoms with Gasteiger partial charge in [0.2, 0.25) is 0 Å². The molecule has 5 nitrogen and oxygen atoms in total. The average Bonchev–Trinajstić information content (AvgIpc) is 3.48. The van der Waals surface area contributed by atoms with Crippen LogP contribution in [0.15, 0.2) is 0 Å². The highest BCUT2D eigenvalue weighted by molar-refractivity contribution is 5.88. The highest BCUT2D eigenvalue weighted by Gasteiger charge is 2.73. The summed E-state index contributed by atoms with van der Waals surface area (Å²) in [6.07, 6.45) is 14.4. The lowest BCUT2D eigenvalue weighted by Gasteiger charge is -2.47. The number of hydrogen-bond donors (Lipinski definition) is 2. The van der Waals surface area contributed by atoms with E-state index < -0.39 is 28.9 Å². The normalized spacial score (nSPS) is 30.7. The van der Waals surface area contributed by atoms with E-state index in [0.717, 1.165) is 38.5 Å². The van der Waals surface area contributed by atoms with Gasteiger partial charge in [-0.05, 0) is 25.7 Å². The molecule has 1 saturated carbocycles. The van der Waals surface area contributed by atoms with E-state index in [1.54, 1.807) is 0 Å². The molecule has 1 aliphatic heterocycles. The zero-order valence-electron chi connectivity index (χ0n) is 18.6. The average molecular weight is 411 g/mol. The van der Waals surface area contributed by atoms with Crippen molar-refractivity contribution < 1.29 is 24.5 Å². The standard InChI is InChI=1S/C24H42O5/c1-3-5-7-9-11-13-16-23(21(25)26)18-15-19-20(29-19)24(23,22(27)28)17-14-12-10-8-6-4-2/h19-20H,3-18H2,1-2H3,(H,25,26)(H,27,28). The maximum absolute atomic E-state index is 12.6. The molecule has 2 rings (SSSR count). The van der Waals surface area contributed by atoms with Crippen LogP contribution in [0.1, 0.15) is 117 Å². The first kappa shape index (κ1) is 24.2. The quantitative estimate of drug-likeness (QED) is 0.234. The van der Waals surface area contributed by atoms with Crippen LogP contribution in [-0.2, 0) is 14.3 Å². The van der Waals surface area contributed by atoms with Crippen LogP contribution in [0.5, 0.6) is 0 Å². The lowest BCUT2D eigenvalue weighted by Crippen LogP contribution is -2.58. The van der Waals surface area contributed by atoms with Gasteiger partial charge in [0.1, 0.15) is 11.5 Å². The maximum atomic E-state index is 12.6. The SMILES string of the molecule is CCCCCCCCC1(C(=O)O)CCC2OC2C1(CCCCCCCC)C(=O)O. The Balaban J connectivity index is 2.09. The van der Waals surface area contributed by atoms with E-state index >= 15 is 0 Å². The van der Waals surface area contributed by atoms with Gasteiger partial charge < -0.3 is 14.9 Å². The molecule has 29 heavy (non-hydrogen) atoms. The predicted molar refractivity (Wildman–Crippen MR) is 114 cm³/mol. The Morgan fingerprint density at radius 1 is 0.793 bits per heavy atom. The number of ether oxygens (including phenoxy) is 1. The van der Waals surface area contributed by atoms with Gasteiger partial charge in [0.05, 0.1) is 11.5 Å². The van der Waals surface area contributed by atoms with E-state index in [0.29, 0.717) is 25.7 Å². The summed E-state index contributed by atoms with van der Waals surface area (Å²) in [5.74, 6) is -1.87. The van der Waals surface area contributed by atoms with Gasteiger partial charge in [-0.25, -0.2) is 0 Å². The van der Waals surface area contributed by atoms with Crippen molar-refractivity contribution in [1.29, 1.82) is 0 Å². The van der Waals surface area contributed by atoms with Crippen LogP contribution in [0.3, 0.4) is 0 Å². The fourth-order valence-corrected chi connectivity index (χ4v) is 5.64. The highest BCUT2D eigenvalue weighted by Crippen LogP contribution is 2.63. The summed E-state index contributed by atoms with van der Waals surface area (Å²) < 4.78 is 5.77. The molecule has 4 unspecified atom stereocenters.